The smallest absolute Gasteiger partial charge is 0.271 e. The molecule has 1 amide bonds. The van der Waals surface area contributed by atoms with Gasteiger partial charge in [-0.25, -0.2) is 4.99 Å². The molecule has 2 heterocycles. The molecule has 39 heavy (non-hydrogen) atoms. The van der Waals surface area contributed by atoms with E-state index in [-0.39, 0.29) is 23.0 Å². The van der Waals surface area contributed by atoms with E-state index in [0.29, 0.717) is 47.6 Å². The second-order valence-corrected chi connectivity index (χ2v) is 10.6. The number of hydrogen-bond donors (Lipinski definition) is 2. The van der Waals surface area contributed by atoms with Gasteiger partial charge in [-0.3, -0.25) is 14.2 Å². The van der Waals surface area contributed by atoms with Gasteiger partial charge in [0.1, 0.15) is 5.75 Å². The molecule has 1 aromatic heterocycles. The highest BCUT2D eigenvalue weighted by molar-refractivity contribution is 9.10. The van der Waals surface area contributed by atoms with E-state index in [0.717, 1.165) is 0 Å². The van der Waals surface area contributed by atoms with E-state index in [1.807, 2.05) is 42.5 Å². The number of phenols is 1. The van der Waals surface area contributed by atoms with Crippen LogP contribution in [-0.4, -0.2) is 29.8 Å². The number of allylic oxidation sites excluding steroid dienone is 1. The summed E-state index contributed by atoms with van der Waals surface area (Å²) in [5.74, 6) is 0.497. The average Bonchev–Trinajstić information content (AvgIpc) is 3.24. The van der Waals surface area contributed by atoms with Gasteiger partial charge in [-0.2, -0.15) is 0 Å². The number of thiazole rings is 1. The molecule has 0 unspecified atom stereocenters. The quantitative estimate of drug-likeness (QED) is 0.340. The van der Waals surface area contributed by atoms with Crippen molar-refractivity contribution in [1.29, 1.82) is 0 Å². The highest BCUT2D eigenvalue weighted by Crippen LogP contribution is 2.35. The number of carbonyl (C=O) groups excluding carboxylic acids is 1. The van der Waals surface area contributed by atoms with Gasteiger partial charge in [0.2, 0.25) is 0 Å². The molecule has 4 aromatic rings. The molecule has 5 rings (SSSR count). The number of anilines is 1. The van der Waals surface area contributed by atoms with Gasteiger partial charge in [-0.1, -0.05) is 41.7 Å². The molecule has 0 bridgehead atoms. The standard InChI is InChI=1S/C29H24BrN3O5S/c1-16-24(27(35)32-19-9-5-4-6-10-19)25(18-8-7-11-20(15-18)37-2)33-28(36)23(39-29(33)31-16)14-17-12-21(30)26(34)22(13-17)38-3/h4-15,25,34H,1-3H3,(H,32,35)/b23-14-/t25-/m1/s1. The number of amides is 1. The monoisotopic (exact) mass is 605 g/mol. The number of fused-ring (bicyclic) bond motifs is 1. The molecule has 1 atom stereocenters. The van der Waals surface area contributed by atoms with Crippen LogP contribution in [0.4, 0.5) is 5.69 Å². The van der Waals surface area contributed by atoms with Crippen LogP contribution in [0.3, 0.4) is 0 Å². The molecule has 0 saturated carbocycles. The van der Waals surface area contributed by atoms with E-state index in [9.17, 15) is 14.7 Å². The Labute approximate surface area is 236 Å². The van der Waals surface area contributed by atoms with Gasteiger partial charge in [0.05, 0.1) is 40.5 Å². The van der Waals surface area contributed by atoms with Crippen molar-refractivity contribution in [3.8, 4) is 17.2 Å². The fourth-order valence-corrected chi connectivity index (χ4v) is 5.95. The van der Waals surface area contributed by atoms with Crippen LogP contribution in [-0.2, 0) is 4.79 Å². The zero-order valence-electron chi connectivity index (χ0n) is 21.3. The van der Waals surface area contributed by atoms with Gasteiger partial charge in [0.15, 0.2) is 16.3 Å². The lowest BCUT2D eigenvalue weighted by Crippen LogP contribution is -2.40. The zero-order chi connectivity index (χ0) is 27.7. The minimum atomic E-state index is -0.733. The molecule has 0 fully saturated rings. The highest BCUT2D eigenvalue weighted by Gasteiger charge is 2.32. The first-order valence-corrected chi connectivity index (χ1v) is 13.5. The van der Waals surface area contributed by atoms with Crippen LogP contribution in [0, 0.1) is 0 Å². The van der Waals surface area contributed by atoms with Crippen LogP contribution >= 0.6 is 27.3 Å². The number of nitrogens with zero attached hydrogens (tertiary/aromatic N) is 2. The topological polar surface area (TPSA) is 102 Å². The van der Waals surface area contributed by atoms with E-state index >= 15 is 0 Å². The predicted octanol–water partition coefficient (Wildman–Crippen LogP) is 4.36. The number of phenolic OH excluding ortho intramolecular Hbond substituents is 1. The SMILES string of the molecule is COc1cccc([C@@H]2C(C(=O)Nc3ccccc3)=C(C)N=c3s/c(=C\c4cc(Br)c(O)c(OC)c4)c(=O)n32)c1. The van der Waals surface area contributed by atoms with Crippen molar-refractivity contribution >= 4 is 44.9 Å². The number of carbonyl (C=O) groups is 1. The number of aromatic hydroxyl groups is 1. The number of rotatable bonds is 6. The van der Waals surface area contributed by atoms with Crippen LogP contribution < -0.4 is 29.7 Å². The van der Waals surface area contributed by atoms with Crippen molar-refractivity contribution in [2.45, 2.75) is 13.0 Å². The van der Waals surface area contributed by atoms with Crippen molar-refractivity contribution in [2.24, 2.45) is 4.99 Å². The Balaban J connectivity index is 1.69. The molecule has 198 valence electrons. The van der Waals surface area contributed by atoms with Crippen molar-refractivity contribution in [1.82, 2.24) is 4.57 Å². The molecule has 8 nitrogen and oxygen atoms in total. The Morgan fingerprint density at radius 1 is 1.10 bits per heavy atom. The Bertz CT molecular complexity index is 1790. The van der Waals surface area contributed by atoms with Gasteiger partial charge in [-0.15, -0.1) is 0 Å². The maximum atomic E-state index is 13.9. The summed E-state index contributed by atoms with van der Waals surface area (Å²) >= 11 is 4.55. The van der Waals surface area contributed by atoms with Crippen LogP contribution in [0.1, 0.15) is 24.1 Å². The number of para-hydroxylation sites is 1. The van der Waals surface area contributed by atoms with Crippen molar-refractivity contribution in [3.05, 3.63) is 113 Å². The minimum absolute atomic E-state index is 0.0289. The number of benzene rings is 3. The molecule has 3 aromatic carbocycles. The molecular formula is C29H24BrN3O5S. The summed E-state index contributed by atoms with van der Waals surface area (Å²) in [6.45, 7) is 1.77. The molecule has 0 saturated heterocycles. The average molecular weight is 606 g/mol. The summed E-state index contributed by atoms with van der Waals surface area (Å²) in [5, 5.41) is 13.1. The molecule has 0 aliphatic carbocycles. The van der Waals surface area contributed by atoms with Gasteiger partial charge in [-0.05, 0) is 76.5 Å². The molecule has 10 heteroatoms. The Kier molecular flexibility index (Phi) is 7.40. The first-order chi connectivity index (χ1) is 18.8. The van der Waals surface area contributed by atoms with Crippen LogP contribution in [0.2, 0.25) is 0 Å². The molecule has 0 spiro atoms. The first-order valence-electron chi connectivity index (χ1n) is 11.9. The van der Waals surface area contributed by atoms with E-state index in [1.54, 1.807) is 48.9 Å². The minimum Gasteiger partial charge on any atom is -0.503 e. The van der Waals surface area contributed by atoms with E-state index in [1.165, 1.54) is 18.4 Å². The Morgan fingerprint density at radius 3 is 2.59 bits per heavy atom. The van der Waals surface area contributed by atoms with Crippen molar-refractivity contribution < 1.29 is 19.4 Å². The molecule has 1 aliphatic rings. The third-order valence-corrected chi connectivity index (χ3v) is 7.86. The van der Waals surface area contributed by atoms with Gasteiger partial charge in [0.25, 0.3) is 11.5 Å². The third-order valence-electron chi connectivity index (χ3n) is 6.28. The summed E-state index contributed by atoms with van der Waals surface area (Å²) in [5.41, 5.74) is 2.57. The zero-order valence-corrected chi connectivity index (χ0v) is 23.7. The van der Waals surface area contributed by atoms with Gasteiger partial charge < -0.3 is 19.9 Å². The summed E-state index contributed by atoms with van der Waals surface area (Å²) in [6.07, 6.45) is 1.71. The number of nitrogens with one attached hydrogen (secondary N) is 1. The third kappa shape index (κ3) is 5.13. The normalized spacial score (nSPS) is 15.0. The fraction of sp³-hybridized carbons (Fsp3) is 0.138. The van der Waals surface area contributed by atoms with Crippen molar-refractivity contribution in [3.63, 3.8) is 0 Å². The summed E-state index contributed by atoms with van der Waals surface area (Å²) in [4.78, 5) is 32.7. The lowest BCUT2D eigenvalue weighted by atomic mass is 9.95. The van der Waals surface area contributed by atoms with E-state index in [2.05, 4.69) is 26.2 Å². The summed E-state index contributed by atoms with van der Waals surface area (Å²) in [7, 11) is 3.02. The Hall–Kier alpha value is -4.15. The number of halogens is 1. The second-order valence-electron chi connectivity index (χ2n) is 8.73. The number of aromatic nitrogens is 1. The largest absolute Gasteiger partial charge is 0.503 e. The van der Waals surface area contributed by atoms with Crippen LogP contribution in [0.15, 0.2) is 92.3 Å². The summed E-state index contributed by atoms with van der Waals surface area (Å²) in [6, 6.07) is 19.1. The van der Waals surface area contributed by atoms with Crippen LogP contribution in [0.5, 0.6) is 17.2 Å². The van der Waals surface area contributed by atoms with Gasteiger partial charge >= 0.3 is 0 Å². The van der Waals surface area contributed by atoms with Crippen LogP contribution in [0.25, 0.3) is 6.08 Å². The summed E-state index contributed by atoms with van der Waals surface area (Å²) < 4.78 is 13.1. The molecule has 2 N–H and O–H groups in total. The predicted molar refractivity (Wildman–Crippen MR) is 154 cm³/mol. The molecular weight excluding hydrogens is 582 g/mol. The lowest BCUT2D eigenvalue weighted by molar-refractivity contribution is -0.113. The number of methoxy groups -OCH3 is 2. The molecule has 1 aliphatic heterocycles. The van der Waals surface area contributed by atoms with E-state index in [4.69, 9.17) is 9.47 Å². The highest BCUT2D eigenvalue weighted by atomic mass is 79.9. The molecule has 0 radical (unpaired) electrons. The Morgan fingerprint density at radius 2 is 1.87 bits per heavy atom. The second kappa shape index (κ2) is 10.9. The maximum Gasteiger partial charge on any atom is 0.271 e. The lowest BCUT2D eigenvalue weighted by Gasteiger charge is -2.25. The fourth-order valence-electron chi connectivity index (χ4n) is 4.44. The maximum absolute atomic E-state index is 13.9. The number of ether oxygens (including phenoxy) is 2. The van der Waals surface area contributed by atoms with Gasteiger partial charge in [0, 0.05) is 5.69 Å². The van der Waals surface area contributed by atoms with Crippen molar-refractivity contribution in [2.75, 3.05) is 19.5 Å². The van der Waals surface area contributed by atoms with E-state index < -0.39 is 6.04 Å². The number of hydrogen-bond acceptors (Lipinski definition) is 7. The first kappa shape index (κ1) is 26.5.